The van der Waals surface area contributed by atoms with E-state index in [9.17, 15) is 0 Å². The van der Waals surface area contributed by atoms with Gasteiger partial charge in [0.05, 0.1) is 0 Å². The monoisotopic (exact) mass is 282 g/mol. The molecule has 0 aromatic carbocycles. The topological polar surface area (TPSA) is 15.3 Å². The molecule has 0 aromatic heterocycles. The molecule has 1 heterocycles. The fourth-order valence-electron chi connectivity index (χ4n) is 3.22. The van der Waals surface area contributed by atoms with Crippen molar-refractivity contribution in [1.29, 1.82) is 0 Å². The number of likely N-dealkylation sites (tertiary alicyclic amines) is 1. The summed E-state index contributed by atoms with van der Waals surface area (Å²) < 4.78 is 0. The molecule has 2 nitrogen and oxygen atoms in total. The molecule has 1 rings (SSSR count). The number of hydrogen-bond acceptors (Lipinski definition) is 2. The predicted octanol–water partition coefficient (Wildman–Crippen LogP) is 4.45. The largest absolute Gasteiger partial charge is 0.315 e. The van der Waals surface area contributed by atoms with E-state index in [1.54, 1.807) is 0 Å². The first-order valence-electron chi connectivity index (χ1n) is 9.18. The van der Waals surface area contributed by atoms with Crippen LogP contribution in [0.15, 0.2) is 0 Å². The van der Waals surface area contributed by atoms with Crippen LogP contribution in [0.5, 0.6) is 0 Å². The average molecular weight is 283 g/mol. The van der Waals surface area contributed by atoms with E-state index in [1.807, 2.05) is 0 Å². The van der Waals surface area contributed by atoms with Crippen LogP contribution in [0.4, 0.5) is 0 Å². The van der Waals surface area contributed by atoms with Crippen LogP contribution < -0.4 is 5.32 Å². The average Bonchev–Trinajstić information content (AvgIpc) is 2.44. The molecule has 1 aliphatic rings. The van der Waals surface area contributed by atoms with E-state index in [0.717, 1.165) is 12.0 Å². The molecular formula is C18H38N2. The molecule has 0 radical (unpaired) electrons. The molecule has 0 saturated carbocycles. The van der Waals surface area contributed by atoms with Crippen molar-refractivity contribution in [2.75, 3.05) is 26.2 Å². The summed E-state index contributed by atoms with van der Waals surface area (Å²) in [7, 11) is 0. The highest BCUT2D eigenvalue weighted by atomic mass is 15.2. The molecule has 1 saturated heterocycles. The standard InChI is InChI=1S/C18H38N2/c1-4-5-6-7-8-10-13-20-14-11-9-12-18(20)16-19-15-17(2)3/h17-19H,4-16H2,1-3H3. The molecule has 2 heteroatoms. The first-order valence-corrected chi connectivity index (χ1v) is 9.18. The third-order valence-corrected chi connectivity index (χ3v) is 4.48. The predicted molar refractivity (Wildman–Crippen MR) is 90.3 cm³/mol. The Morgan fingerprint density at radius 2 is 1.80 bits per heavy atom. The van der Waals surface area contributed by atoms with Crippen molar-refractivity contribution >= 4 is 0 Å². The van der Waals surface area contributed by atoms with Crippen molar-refractivity contribution in [3.8, 4) is 0 Å². The van der Waals surface area contributed by atoms with Crippen LogP contribution in [-0.4, -0.2) is 37.1 Å². The van der Waals surface area contributed by atoms with Gasteiger partial charge in [-0.2, -0.15) is 0 Å². The Hall–Kier alpha value is -0.0800. The van der Waals surface area contributed by atoms with Gasteiger partial charge in [0.1, 0.15) is 0 Å². The van der Waals surface area contributed by atoms with E-state index in [0.29, 0.717) is 0 Å². The van der Waals surface area contributed by atoms with Gasteiger partial charge in [-0.15, -0.1) is 0 Å². The Morgan fingerprint density at radius 3 is 2.55 bits per heavy atom. The highest BCUT2D eigenvalue weighted by Gasteiger charge is 2.21. The summed E-state index contributed by atoms with van der Waals surface area (Å²) in [6.45, 7) is 11.9. The number of hydrogen-bond donors (Lipinski definition) is 1. The van der Waals surface area contributed by atoms with Crippen LogP contribution in [0.1, 0.15) is 78.6 Å². The minimum Gasteiger partial charge on any atom is -0.315 e. The fraction of sp³-hybridized carbons (Fsp3) is 1.00. The quantitative estimate of drug-likeness (QED) is 0.563. The van der Waals surface area contributed by atoms with Crippen molar-refractivity contribution in [1.82, 2.24) is 10.2 Å². The van der Waals surface area contributed by atoms with Crippen LogP contribution in [-0.2, 0) is 0 Å². The van der Waals surface area contributed by atoms with Gasteiger partial charge in [0.15, 0.2) is 0 Å². The van der Waals surface area contributed by atoms with Gasteiger partial charge in [-0.1, -0.05) is 59.3 Å². The third-order valence-electron chi connectivity index (χ3n) is 4.48. The number of nitrogens with one attached hydrogen (secondary N) is 1. The zero-order chi connectivity index (χ0) is 14.6. The van der Waals surface area contributed by atoms with Crippen LogP contribution in [0.25, 0.3) is 0 Å². The molecule has 20 heavy (non-hydrogen) atoms. The highest BCUT2D eigenvalue weighted by molar-refractivity contribution is 4.78. The van der Waals surface area contributed by atoms with Crippen LogP contribution >= 0.6 is 0 Å². The highest BCUT2D eigenvalue weighted by Crippen LogP contribution is 2.17. The summed E-state index contributed by atoms with van der Waals surface area (Å²) >= 11 is 0. The number of nitrogens with zero attached hydrogens (tertiary/aromatic N) is 1. The summed E-state index contributed by atoms with van der Waals surface area (Å²) in [5, 5.41) is 3.66. The Morgan fingerprint density at radius 1 is 1.05 bits per heavy atom. The lowest BCUT2D eigenvalue weighted by Crippen LogP contribution is -2.46. The third kappa shape index (κ3) is 8.26. The van der Waals surface area contributed by atoms with Gasteiger partial charge in [-0.3, -0.25) is 4.90 Å². The van der Waals surface area contributed by atoms with Crippen molar-refractivity contribution in [3.63, 3.8) is 0 Å². The lowest BCUT2D eigenvalue weighted by Gasteiger charge is -2.36. The van der Waals surface area contributed by atoms with Gasteiger partial charge in [0.2, 0.25) is 0 Å². The Balaban J connectivity index is 2.12. The number of unbranched alkanes of at least 4 members (excludes halogenated alkanes) is 5. The lowest BCUT2D eigenvalue weighted by molar-refractivity contribution is 0.142. The number of piperidine rings is 1. The maximum absolute atomic E-state index is 3.66. The van der Waals surface area contributed by atoms with E-state index >= 15 is 0 Å². The molecule has 1 fully saturated rings. The van der Waals surface area contributed by atoms with Gasteiger partial charge in [-0.25, -0.2) is 0 Å². The first-order chi connectivity index (χ1) is 9.74. The summed E-state index contributed by atoms with van der Waals surface area (Å²) in [5.74, 6) is 0.769. The van der Waals surface area contributed by atoms with E-state index in [1.165, 1.54) is 84.0 Å². The molecule has 0 spiro atoms. The minimum absolute atomic E-state index is 0.769. The van der Waals surface area contributed by atoms with Crippen molar-refractivity contribution in [3.05, 3.63) is 0 Å². The fourth-order valence-corrected chi connectivity index (χ4v) is 3.22. The van der Waals surface area contributed by atoms with E-state index < -0.39 is 0 Å². The van der Waals surface area contributed by atoms with E-state index in [2.05, 4.69) is 31.0 Å². The second-order valence-electron chi connectivity index (χ2n) is 7.01. The molecule has 0 bridgehead atoms. The van der Waals surface area contributed by atoms with Crippen LogP contribution in [0.3, 0.4) is 0 Å². The Bertz CT molecular complexity index is 215. The minimum atomic E-state index is 0.769. The Labute approximate surface area is 127 Å². The Kier molecular flexibility index (Phi) is 10.4. The maximum Gasteiger partial charge on any atom is 0.0220 e. The molecule has 0 aromatic rings. The summed E-state index contributed by atoms with van der Waals surface area (Å²) in [6, 6.07) is 0.804. The molecule has 1 aliphatic heterocycles. The van der Waals surface area contributed by atoms with E-state index in [-0.39, 0.29) is 0 Å². The zero-order valence-electron chi connectivity index (χ0n) is 14.3. The molecule has 1 N–H and O–H groups in total. The molecule has 120 valence electrons. The molecular weight excluding hydrogens is 244 g/mol. The van der Waals surface area contributed by atoms with Gasteiger partial charge in [0, 0.05) is 12.6 Å². The van der Waals surface area contributed by atoms with Crippen molar-refractivity contribution in [2.45, 2.75) is 84.6 Å². The molecule has 1 atom stereocenters. The van der Waals surface area contributed by atoms with Crippen molar-refractivity contribution in [2.24, 2.45) is 5.92 Å². The smallest absolute Gasteiger partial charge is 0.0220 e. The summed E-state index contributed by atoms with van der Waals surface area (Å²) in [6.07, 6.45) is 12.8. The molecule has 0 amide bonds. The van der Waals surface area contributed by atoms with E-state index in [4.69, 9.17) is 0 Å². The SMILES string of the molecule is CCCCCCCCN1CCCCC1CNCC(C)C. The first kappa shape index (κ1) is 18.0. The second kappa shape index (κ2) is 11.6. The van der Waals surface area contributed by atoms with Crippen LogP contribution in [0, 0.1) is 5.92 Å². The van der Waals surface area contributed by atoms with Gasteiger partial charge in [-0.05, 0) is 44.8 Å². The maximum atomic E-state index is 3.66. The van der Waals surface area contributed by atoms with Crippen molar-refractivity contribution < 1.29 is 0 Å². The molecule has 1 unspecified atom stereocenters. The van der Waals surface area contributed by atoms with Crippen LogP contribution in [0.2, 0.25) is 0 Å². The van der Waals surface area contributed by atoms with Gasteiger partial charge in [0.25, 0.3) is 0 Å². The molecule has 0 aliphatic carbocycles. The zero-order valence-corrected chi connectivity index (χ0v) is 14.3. The normalized spacial score (nSPS) is 20.7. The second-order valence-corrected chi connectivity index (χ2v) is 7.01. The lowest BCUT2D eigenvalue weighted by atomic mass is 10.0. The number of rotatable bonds is 11. The van der Waals surface area contributed by atoms with Gasteiger partial charge < -0.3 is 5.32 Å². The van der Waals surface area contributed by atoms with Gasteiger partial charge >= 0.3 is 0 Å². The summed E-state index contributed by atoms with van der Waals surface area (Å²) in [4.78, 5) is 2.76. The summed E-state index contributed by atoms with van der Waals surface area (Å²) in [5.41, 5.74) is 0.